The average molecular weight is 203 g/mol. The molecule has 0 aliphatic carbocycles. The van der Waals surface area contributed by atoms with Crippen LogP contribution in [0.2, 0.25) is 0 Å². The number of fused-ring (bicyclic) bond motifs is 3. The second-order valence-corrected chi connectivity index (χ2v) is 4.51. The van der Waals surface area contributed by atoms with E-state index in [1.807, 2.05) is 0 Å². The fraction of sp³-hybridized carbons (Fsp3) is 0.538. The van der Waals surface area contributed by atoms with Crippen molar-refractivity contribution in [2.24, 2.45) is 0 Å². The number of benzene rings is 1. The molecule has 1 atom stereocenters. The van der Waals surface area contributed by atoms with Gasteiger partial charge in [-0.05, 0) is 49.1 Å². The van der Waals surface area contributed by atoms with Crippen LogP contribution in [0, 0.1) is 0 Å². The lowest BCUT2D eigenvalue weighted by Crippen LogP contribution is -2.30. The molecule has 3 rings (SSSR count). The summed E-state index contributed by atoms with van der Waals surface area (Å²) >= 11 is 0. The average Bonchev–Trinajstić information content (AvgIpc) is 2.76. The normalized spacial score (nSPS) is 24.7. The fourth-order valence-electron chi connectivity index (χ4n) is 2.96. The minimum Gasteiger partial charge on any atom is -0.497 e. The maximum Gasteiger partial charge on any atom is 0.119 e. The third kappa shape index (κ3) is 1.44. The number of ether oxygens (including phenoxy) is 1. The molecule has 0 N–H and O–H groups in total. The third-order valence-electron chi connectivity index (χ3n) is 3.74. The van der Waals surface area contributed by atoms with Gasteiger partial charge in [0.25, 0.3) is 0 Å². The third-order valence-corrected chi connectivity index (χ3v) is 3.74. The number of rotatable bonds is 1. The molecular formula is C13H17NO. The van der Waals surface area contributed by atoms with E-state index in [1.165, 1.54) is 37.9 Å². The zero-order valence-corrected chi connectivity index (χ0v) is 9.20. The van der Waals surface area contributed by atoms with Gasteiger partial charge in [-0.2, -0.15) is 0 Å². The molecule has 2 heteroatoms. The number of hydrogen-bond acceptors (Lipinski definition) is 2. The Labute approximate surface area is 90.8 Å². The predicted octanol–water partition coefficient (Wildman–Crippen LogP) is 2.39. The second-order valence-electron chi connectivity index (χ2n) is 4.51. The quantitative estimate of drug-likeness (QED) is 0.695. The van der Waals surface area contributed by atoms with E-state index < -0.39 is 0 Å². The van der Waals surface area contributed by atoms with Crippen LogP contribution < -0.4 is 4.74 Å². The fourth-order valence-corrected chi connectivity index (χ4v) is 2.96. The van der Waals surface area contributed by atoms with Crippen LogP contribution in [0.15, 0.2) is 18.2 Å². The molecule has 0 bridgehead atoms. The molecule has 0 aromatic heterocycles. The smallest absolute Gasteiger partial charge is 0.119 e. The Morgan fingerprint density at radius 1 is 1.33 bits per heavy atom. The Balaban J connectivity index is 2.00. The lowest BCUT2D eigenvalue weighted by Gasteiger charge is -2.31. The molecule has 2 nitrogen and oxygen atoms in total. The maximum atomic E-state index is 5.28. The van der Waals surface area contributed by atoms with Gasteiger partial charge in [-0.3, -0.25) is 4.90 Å². The van der Waals surface area contributed by atoms with E-state index in [2.05, 4.69) is 23.1 Å². The minimum atomic E-state index is 0.694. The standard InChI is InChI=1S/C13H17NO/c1-15-11-4-5-12-10(9-11)6-8-14-7-2-3-13(12)14/h4-5,9,13H,2-3,6-8H2,1H3. The molecule has 2 heterocycles. The lowest BCUT2D eigenvalue weighted by atomic mass is 9.93. The number of hydrogen-bond donors (Lipinski definition) is 0. The van der Waals surface area contributed by atoms with Crippen LogP contribution >= 0.6 is 0 Å². The molecule has 1 aromatic carbocycles. The van der Waals surface area contributed by atoms with Crippen molar-refractivity contribution >= 4 is 0 Å². The molecule has 80 valence electrons. The number of methoxy groups -OCH3 is 1. The van der Waals surface area contributed by atoms with Gasteiger partial charge in [-0.25, -0.2) is 0 Å². The summed E-state index contributed by atoms with van der Waals surface area (Å²) in [5.74, 6) is 1.00. The molecular weight excluding hydrogens is 186 g/mol. The first-order chi connectivity index (χ1) is 7.38. The zero-order chi connectivity index (χ0) is 10.3. The highest BCUT2D eigenvalue weighted by Gasteiger charge is 2.30. The van der Waals surface area contributed by atoms with E-state index in [4.69, 9.17) is 4.74 Å². The van der Waals surface area contributed by atoms with E-state index in [0.717, 1.165) is 5.75 Å². The van der Waals surface area contributed by atoms with Gasteiger partial charge in [0.05, 0.1) is 7.11 Å². The summed E-state index contributed by atoms with van der Waals surface area (Å²) in [6, 6.07) is 7.27. The zero-order valence-electron chi connectivity index (χ0n) is 9.20. The Bertz CT molecular complexity index is 375. The summed E-state index contributed by atoms with van der Waals surface area (Å²) in [5, 5.41) is 0. The van der Waals surface area contributed by atoms with Crippen LogP contribution in [0.5, 0.6) is 5.75 Å². The van der Waals surface area contributed by atoms with E-state index in [1.54, 1.807) is 12.7 Å². The van der Waals surface area contributed by atoms with Crippen molar-refractivity contribution in [1.29, 1.82) is 0 Å². The van der Waals surface area contributed by atoms with E-state index in [-0.39, 0.29) is 0 Å². The van der Waals surface area contributed by atoms with Crippen LogP contribution in [0.25, 0.3) is 0 Å². The van der Waals surface area contributed by atoms with Crippen molar-refractivity contribution in [1.82, 2.24) is 4.90 Å². The van der Waals surface area contributed by atoms with Crippen LogP contribution in [-0.2, 0) is 6.42 Å². The molecule has 1 saturated heterocycles. The van der Waals surface area contributed by atoms with E-state index in [9.17, 15) is 0 Å². The Kier molecular flexibility index (Phi) is 2.17. The summed E-state index contributed by atoms with van der Waals surface area (Å²) in [5.41, 5.74) is 3.04. The first kappa shape index (κ1) is 9.22. The van der Waals surface area contributed by atoms with Crippen LogP contribution in [-0.4, -0.2) is 25.1 Å². The van der Waals surface area contributed by atoms with Crippen molar-refractivity contribution in [3.05, 3.63) is 29.3 Å². The van der Waals surface area contributed by atoms with E-state index in [0.29, 0.717) is 6.04 Å². The highest BCUT2D eigenvalue weighted by Crippen LogP contribution is 2.38. The largest absolute Gasteiger partial charge is 0.497 e. The van der Waals surface area contributed by atoms with Gasteiger partial charge in [0.1, 0.15) is 5.75 Å². The summed E-state index contributed by atoms with van der Waals surface area (Å²) in [4.78, 5) is 2.62. The van der Waals surface area contributed by atoms with Crippen LogP contribution in [0.3, 0.4) is 0 Å². The molecule has 1 unspecified atom stereocenters. The first-order valence-corrected chi connectivity index (χ1v) is 5.79. The van der Waals surface area contributed by atoms with Gasteiger partial charge in [0.15, 0.2) is 0 Å². The molecule has 0 spiro atoms. The molecule has 1 fully saturated rings. The molecule has 1 aromatic rings. The number of nitrogens with zero attached hydrogens (tertiary/aromatic N) is 1. The monoisotopic (exact) mass is 203 g/mol. The van der Waals surface area contributed by atoms with Crippen molar-refractivity contribution in [3.8, 4) is 5.75 Å². The van der Waals surface area contributed by atoms with Crippen molar-refractivity contribution in [2.45, 2.75) is 25.3 Å². The summed E-state index contributed by atoms with van der Waals surface area (Å²) in [7, 11) is 1.74. The Hall–Kier alpha value is -1.02. The minimum absolute atomic E-state index is 0.694. The van der Waals surface area contributed by atoms with Crippen molar-refractivity contribution in [2.75, 3.05) is 20.2 Å². The molecule has 0 saturated carbocycles. The van der Waals surface area contributed by atoms with Gasteiger partial charge < -0.3 is 4.74 Å². The van der Waals surface area contributed by atoms with Gasteiger partial charge >= 0.3 is 0 Å². The van der Waals surface area contributed by atoms with E-state index >= 15 is 0 Å². The first-order valence-electron chi connectivity index (χ1n) is 5.79. The summed E-state index contributed by atoms with van der Waals surface area (Å²) < 4.78 is 5.28. The van der Waals surface area contributed by atoms with Gasteiger partial charge in [0.2, 0.25) is 0 Å². The summed E-state index contributed by atoms with van der Waals surface area (Å²) in [6.07, 6.45) is 3.87. The van der Waals surface area contributed by atoms with Crippen LogP contribution in [0.1, 0.15) is 30.0 Å². The summed E-state index contributed by atoms with van der Waals surface area (Å²) in [6.45, 7) is 2.51. The van der Waals surface area contributed by atoms with Crippen molar-refractivity contribution in [3.63, 3.8) is 0 Å². The SMILES string of the molecule is COc1ccc2c(c1)CCN1CCCC21. The molecule has 2 aliphatic rings. The second kappa shape index (κ2) is 3.53. The molecule has 0 amide bonds. The van der Waals surface area contributed by atoms with Gasteiger partial charge in [0, 0.05) is 12.6 Å². The highest BCUT2D eigenvalue weighted by molar-refractivity contribution is 5.39. The highest BCUT2D eigenvalue weighted by atomic mass is 16.5. The van der Waals surface area contributed by atoms with Gasteiger partial charge in [-0.15, -0.1) is 0 Å². The Morgan fingerprint density at radius 2 is 2.27 bits per heavy atom. The molecule has 15 heavy (non-hydrogen) atoms. The van der Waals surface area contributed by atoms with Crippen LogP contribution in [0.4, 0.5) is 0 Å². The molecule has 0 radical (unpaired) electrons. The maximum absolute atomic E-state index is 5.28. The van der Waals surface area contributed by atoms with Crippen molar-refractivity contribution < 1.29 is 4.74 Å². The topological polar surface area (TPSA) is 12.5 Å². The Morgan fingerprint density at radius 3 is 3.13 bits per heavy atom. The molecule has 2 aliphatic heterocycles. The predicted molar refractivity (Wildman–Crippen MR) is 60.2 cm³/mol. The lowest BCUT2D eigenvalue weighted by molar-refractivity contribution is 0.243. The van der Waals surface area contributed by atoms with Gasteiger partial charge in [-0.1, -0.05) is 6.07 Å².